The molecule has 18 heavy (non-hydrogen) atoms. The predicted molar refractivity (Wildman–Crippen MR) is 68.1 cm³/mol. The van der Waals surface area contributed by atoms with Crippen molar-refractivity contribution in [2.75, 3.05) is 5.75 Å². The Balaban J connectivity index is 2.25. The summed E-state index contributed by atoms with van der Waals surface area (Å²) in [7, 11) is 1.57. The molecule has 0 amide bonds. The Morgan fingerprint density at radius 2 is 2.17 bits per heavy atom. The third-order valence-corrected chi connectivity index (χ3v) is 3.65. The first-order chi connectivity index (χ1) is 8.47. The maximum atomic E-state index is 12.0. The predicted octanol–water partition coefficient (Wildman–Crippen LogP) is 0.750. The Kier molecular flexibility index (Phi) is 3.63. The molecule has 2 rings (SSSR count). The molecule has 0 atom stereocenters. The van der Waals surface area contributed by atoms with Gasteiger partial charge in [-0.3, -0.25) is 14.3 Å². The van der Waals surface area contributed by atoms with E-state index in [0.717, 1.165) is 0 Å². The Hall–Kier alpha value is -1.47. The largest absolute Gasteiger partial charge is 0.299 e. The Morgan fingerprint density at radius 3 is 2.89 bits per heavy atom. The van der Waals surface area contributed by atoms with E-state index in [1.165, 1.54) is 17.1 Å². The minimum Gasteiger partial charge on any atom is -0.299 e. The van der Waals surface area contributed by atoms with Crippen molar-refractivity contribution in [3.63, 3.8) is 0 Å². The molecule has 8 heteroatoms. The van der Waals surface area contributed by atoms with E-state index in [4.69, 9.17) is 10.7 Å². The average Bonchev–Trinajstić information content (AvgIpc) is 2.31. The van der Waals surface area contributed by atoms with Crippen molar-refractivity contribution < 1.29 is 8.42 Å². The molecule has 2 heterocycles. The molecule has 0 aliphatic rings. The van der Waals surface area contributed by atoms with Crippen LogP contribution in [0.25, 0.3) is 10.9 Å². The van der Waals surface area contributed by atoms with Gasteiger partial charge in [-0.15, -0.1) is 0 Å². The van der Waals surface area contributed by atoms with Gasteiger partial charge in [0.25, 0.3) is 5.56 Å². The van der Waals surface area contributed by atoms with E-state index in [9.17, 15) is 13.2 Å². The molecular weight excluding hydrogens is 278 g/mol. The zero-order chi connectivity index (χ0) is 13.2. The number of hydrogen-bond acceptors (Lipinski definition) is 5. The van der Waals surface area contributed by atoms with Crippen LogP contribution in [0.2, 0.25) is 0 Å². The van der Waals surface area contributed by atoms with Gasteiger partial charge in [0, 0.05) is 29.6 Å². The van der Waals surface area contributed by atoms with E-state index >= 15 is 0 Å². The molecule has 0 aromatic carbocycles. The van der Waals surface area contributed by atoms with Gasteiger partial charge in [0.05, 0.1) is 23.0 Å². The molecule has 0 saturated carbocycles. The first-order valence-electron chi connectivity index (χ1n) is 5.19. The molecular formula is C10H10ClN3O3S. The smallest absolute Gasteiger partial charge is 0.262 e. The fraction of sp³-hybridized carbons (Fsp3) is 0.300. The van der Waals surface area contributed by atoms with E-state index in [-0.39, 0.29) is 24.3 Å². The summed E-state index contributed by atoms with van der Waals surface area (Å²) in [5, 5.41) is 0.411. The second-order valence-corrected chi connectivity index (χ2v) is 6.63. The van der Waals surface area contributed by atoms with Gasteiger partial charge in [0.1, 0.15) is 0 Å². The van der Waals surface area contributed by atoms with Crippen LogP contribution in [0.15, 0.2) is 29.6 Å². The van der Waals surface area contributed by atoms with Crippen molar-refractivity contribution in [2.45, 2.75) is 13.0 Å². The molecule has 0 aliphatic heterocycles. The zero-order valence-corrected chi connectivity index (χ0v) is 10.9. The Bertz CT molecular complexity index is 726. The zero-order valence-electron chi connectivity index (χ0n) is 9.28. The van der Waals surface area contributed by atoms with Crippen LogP contribution in [0, 0.1) is 0 Å². The number of hydrogen-bond donors (Lipinski definition) is 0. The van der Waals surface area contributed by atoms with Crippen LogP contribution >= 0.6 is 10.7 Å². The monoisotopic (exact) mass is 287 g/mol. The first kappa shape index (κ1) is 13.0. The lowest BCUT2D eigenvalue weighted by Gasteiger charge is -2.05. The van der Waals surface area contributed by atoms with Crippen LogP contribution in [-0.2, 0) is 15.6 Å². The van der Waals surface area contributed by atoms with Crippen LogP contribution < -0.4 is 5.56 Å². The molecule has 6 nitrogen and oxygen atoms in total. The molecule has 96 valence electrons. The number of fused-ring (bicyclic) bond motifs is 1. The number of aryl methyl sites for hydroxylation is 1. The fourth-order valence-electron chi connectivity index (χ4n) is 1.57. The van der Waals surface area contributed by atoms with Gasteiger partial charge >= 0.3 is 0 Å². The minimum atomic E-state index is -3.53. The lowest BCUT2D eigenvalue weighted by Crippen LogP contribution is -2.21. The number of aromatic nitrogens is 3. The van der Waals surface area contributed by atoms with Crippen molar-refractivity contribution in [1.82, 2.24) is 14.5 Å². The van der Waals surface area contributed by atoms with Crippen LogP contribution in [0.1, 0.15) is 6.42 Å². The normalized spacial score (nSPS) is 11.8. The van der Waals surface area contributed by atoms with E-state index < -0.39 is 9.05 Å². The topological polar surface area (TPSA) is 81.9 Å². The molecule has 2 aromatic rings. The highest BCUT2D eigenvalue weighted by atomic mass is 35.7. The van der Waals surface area contributed by atoms with Crippen LogP contribution in [0.5, 0.6) is 0 Å². The number of rotatable bonds is 4. The SMILES string of the molecule is O=c1c2cnccc2ncn1CCCS(=O)(=O)Cl. The molecule has 0 fully saturated rings. The van der Waals surface area contributed by atoms with Crippen LogP contribution in [-0.4, -0.2) is 28.7 Å². The van der Waals surface area contributed by atoms with Gasteiger partial charge in [0.2, 0.25) is 9.05 Å². The third kappa shape index (κ3) is 3.05. The van der Waals surface area contributed by atoms with E-state index in [2.05, 4.69) is 9.97 Å². The summed E-state index contributed by atoms with van der Waals surface area (Å²) >= 11 is 0. The molecule has 0 aliphatic carbocycles. The summed E-state index contributed by atoms with van der Waals surface area (Å²) in [4.78, 5) is 19.9. The van der Waals surface area contributed by atoms with Crippen molar-refractivity contribution in [1.29, 1.82) is 0 Å². The van der Waals surface area contributed by atoms with E-state index in [0.29, 0.717) is 10.9 Å². The molecule has 0 radical (unpaired) electrons. The standard InChI is InChI=1S/C10H10ClN3O3S/c11-18(16,17)5-1-4-14-7-13-9-2-3-12-6-8(9)10(14)15/h2-3,6-7H,1,4-5H2. The lowest BCUT2D eigenvalue weighted by molar-refractivity contribution is 0.595. The van der Waals surface area contributed by atoms with Gasteiger partial charge in [-0.25, -0.2) is 13.4 Å². The maximum Gasteiger partial charge on any atom is 0.262 e. The summed E-state index contributed by atoms with van der Waals surface area (Å²) in [6.07, 6.45) is 4.66. The second-order valence-electron chi connectivity index (χ2n) is 3.73. The maximum absolute atomic E-state index is 12.0. The van der Waals surface area contributed by atoms with E-state index in [1.807, 2.05) is 0 Å². The quantitative estimate of drug-likeness (QED) is 0.775. The molecule has 0 spiro atoms. The summed E-state index contributed by atoms with van der Waals surface area (Å²) in [6.45, 7) is 0.253. The van der Waals surface area contributed by atoms with Gasteiger partial charge in [-0.1, -0.05) is 0 Å². The summed E-state index contributed by atoms with van der Waals surface area (Å²) in [5.74, 6) is -0.175. The average molecular weight is 288 g/mol. The summed E-state index contributed by atoms with van der Waals surface area (Å²) in [5.41, 5.74) is 0.330. The van der Waals surface area contributed by atoms with Crippen molar-refractivity contribution in [2.24, 2.45) is 0 Å². The number of nitrogens with zero attached hydrogens (tertiary/aromatic N) is 3. The molecule has 0 unspecified atom stereocenters. The van der Waals surface area contributed by atoms with Gasteiger partial charge < -0.3 is 0 Å². The van der Waals surface area contributed by atoms with Gasteiger partial charge in [-0.2, -0.15) is 0 Å². The van der Waals surface area contributed by atoms with Crippen molar-refractivity contribution in [3.8, 4) is 0 Å². The second kappa shape index (κ2) is 5.03. The Morgan fingerprint density at radius 1 is 1.39 bits per heavy atom. The number of pyridine rings is 1. The Labute approximate surface area is 108 Å². The van der Waals surface area contributed by atoms with Crippen molar-refractivity contribution >= 4 is 30.6 Å². The summed E-state index contributed by atoms with van der Waals surface area (Å²) < 4.78 is 22.9. The highest BCUT2D eigenvalue weighted by molar-refractivity contribution is 8.13. The lowest BCUT2D eigenvalue weighted by atomic mass is 10.3. The first-order valence-corrected chi connectivity index (χ1v) is 7.67. The summed E-state index contributed by atoms with van der Waals surface area (Å²) in [6, 6.07) is 1.64. The van der Waals surface area contributed by atoms with Crippen molar-refractivity contribution in [3.05, 3.63) is 35.1 Å². The molecule has 2 aromatic heterocycles. The molecule has 0 N–H and O–H groups in total. The van der Waals surface area contributed by atoms with Crippen LogP contribution in [0.4, 0.5) is 0 Å². The van der Waals surface area contributed by atoms with Crippen LogP contribution in [0.3, 0.4) is 0 Å². The van der Waals surface area contributed by atoms with Gasteiger partial charge in [-0.05, 0) is 12.5 Å². The number of halogens is 1. The third-order valence-electron chi connectivity index (χ3n) is 2.41. The van der Waals surface area contributed by atoms with Gasteiger partial charge in [0.15, 0.2) is 0 Å². The minimum absolute atomic E-state index is 0.175. The highest BCUT2D eigenvalue weighted by Gasteiger charge is 2.07. The van der Waals surface area contributed by atoms with E-state index in [1.54, 1.807) is 12.3 Å². The molecule has 0 saturated heterocycles. The fourth-order valence-corrected chi connectivity index (χ4v) is 2.37. The highest BCUT2D eigenvalue weighted by Crippen LogP contribution is 2.04. The molecule has 0 bridgehead atoms.